The Bertz CT molecular complexity index is 960. The molecule has 22 heavy (non-hydrogen) atoms. The Kier molecular flexibility index (Phi) is 3.40. The van der Waals surface area contributed by atoms with Gasteiger partial charge in [-0.15, -0.1) is 21.5 Å². The average Bonchev–Trinajstić information content (AvgIpc) is 3.22. The molecule has 0 spiro atoms. The number of fused-ring (bicyclic) bond motifs is 3. The quantitative estimate of drug-likeness (QED) is 0.421. The maximum atomic E-state index is 12.1. The van der Waals surface area contributed by atoms with E-state index in [1.165, 1.54) is 23.1 Å². The van der Waals surface area contributed by atoms with Crippen molar-refractivity contribution in [2.75, 3.05) is 5.75 Å². The zero-order valence-corrected chi connectivity index (χ0v) is 13.1. The molecule has 4 nitrogen and oxygen atoms in total. The second-order valence-corrected chi connectivity index (χ2v) is 6.65. The molecule has 0 aliphatic rings. The topological polar surface area (TPSA) is 47.3 Å². The number of hydrogen-bond donors (Lipinski definition) is 0. The molecule has 0 N–H and O–H groups in total. The molecule has 0 bridgehead atoms. The second-order valence-electron chi connectivity index (χ2n) is 4.76. The number of rotatable bonds is 4. The highest BCUT2D eigenvalue weighted by Gasteiger charge is 2.13. The minimum atomic E-state index is 0.122. The van der Waals surface area contributed by atoms with E-state index in [2.05, 4.69) is 16.3 Å². The molecule has 4 aromatic rings. The summed E-state index contributed by atoms with van der Waals surface area (Å²) < 4.78 is 2.00. The van der Waals surface area contributed by atoms with E-state index in [0.717, 1.165) is 26.6 Å². The molecular formula is C16H11N3OS2. The van der Waals surface area contributed by atoms with Gasteiger partial charge in [-0.3, -0.25) is 9.20 Å². The van der Waals surface area contributed by atoms with Crippen LogP contribution in [0.4, 0.5) is 0 Å². The molecule has 0 unspecified atom stereocenters. The first-order valence-corrected chi connectivity index (χ1v) is 8.62. The van der Waals surface area contributed by atoms with Crippen molar-refractivity contribution in [2.45, 2.75) is 5.16 Å². The van der Waals surface area contributed by atoms with Gasteiger partial charge >= 0.3 is 0 Å². The van der Waals surface area contributed by atoms with E-state index < -0.39 is 0 Å². The number of thiophene rings is 1. The second kappa shape index (κ2) is 5.55. The number of carbonyl (C=O) groups excluding carboxylic acids is 1. The lowest BCUT2D eigenvalue weighted by molar-refractivity contribution is 0.102. The van der Waals surface area contributed by atoms with Gasteiger partial charge < -0.3 is 0 Å². The minimum absolute atomic E-state index is 0.122. The lowest BCUT2D eigenvalue weighted by Gasteiger charge is -2.04. The number of pyridine rings is 1. The summed E-state index contributed by atoms with van der Waals surface area (Å²) in [4.78, 5) is 12.9. The molecule has 0 aliphatic heterocycles. The first-order valence-electron chi connectivity index (χ1n) is 6.75. The molecule has 0 radical (unpaired) electrons. The molecular weight excluding hydrogens is 314 g/mol. The Morgan fingerprint density at radius 1 is 1.09 bits per heavy atom. The van der Waals surface area contributed by atoms with Crippen LogP contribution in [0.5, 0.6) is 0 Å². The summed E-state index contributed by atoms with van der Waals surface area (Å²) in [6.07, 6.45) is 0. The largest absolute Gasteiger partial charge is 0.292 e. The van der Waals surface area contributed by atoms with E-state index in [1.807, 2.05) is 52.2 Å². The summed E-state index contributed by atoms with van der Waals surface area (Å²) in [5.41, 5.74) is 1.85. The Morgan fingerprint density at radius 3 is 2.86 bits per heavy atom. The monoisotopic (exact) mass is 325 g/mol. The van der Waals surface area contributed by atoms with Gasteiger partial charge in [0.2, 0.25) is 0 Å². The van der Waals surface area contributed by atoms with Crippen LogP contribution in [-0.4, -0.2) is 26.1 Å². The van der Waals surface area contributed by atoms with Crippen molar-refractivity contribution in [2.24, 2.45) is 0 Å². The van der Waals surface area contributed by atoms with Gasteiger partial charge in [0.15, 0.2) is 16.6 Å². The zero-order valence-electron chi connectivity index (χ0n) is 11.5. The average molecular weight is 325 g/mol. The van der Waals surface area contributed by atoms with Crippen molar-refractivity contribution in [3.8, 4) is 0 Å². The predicted octanol–water partition coefficient (Wildman–Crippen LogP) is 3.92. The van der Waals surface area contributed by atoms with Gasteiger partial charge in [0.05, 0.1) is 16.1 Å². The first-order chi connectivity index (χ1) is 10.8. The molecule has 0 atom stereocenters. The molecule has 0 aliphatic carbocycles. The van der Waals surface area contributed by atoms with Gasteiger partial charge in [-0.25, -0.2) is 0 Å². The van der Waals surface area contributed by atoms with E-state index in [4.69, 9.17) is 0 Å². The normalized spacial score (nSPS) is 11.3. The fourth-order valence-electron chi connectivity index (χ4n) is 2.34. The van der Waals surface area contributed by atoms with Crippen molar-refractivity contribution < 1.29 is 4.79 Å². The fourth-order valence-corrected chi connectivity index (χ4v) is 3.94. The van der Waals surface area contributed by atoms with Gasteiger partial charge in [0, 0.05) is 0 Å². The molecule has 6 heteroatoms. The van der Waals surface area contributed by atoms with Crippen LogP contribution in [0.2, 0.25) is 0 Å². The van der Waals surface area contributed by atoms with Crippen molar-refractivity contribution >= 4 is 45.4 Å². The summed E-state index contributed by atoms with van der Waals surface area (Å²) >= 11 is 2.89. The van der Waals surface area contributed by atoms with Crippen LogP contribution in [-0.2, 0) is 0 Å². The van der Waals surface area contributed by atoms with Gasteiger partial charge in [-0.05, 0) is 35.0 Å². The third-order valence-corrected chi connectivity index (χ3v) is 5.22. The Hall–Kier alpha value is -2.18. The first kappa shape index (κ1) is 13.5. The number of Topliss-reactive ketones (excluding diaryl/α,β-unsaturated/α-hetero) is 1. The molecule has 108 valence electrons. The molecule has 3 heterocycles. The SMILES string of the molecule is O=C(CSc1nnc2ccc3ccccc3n12)c1cccs1. The summed E-state index contributed by atoms with van der Waals surface area (Å²) in [6.45, 7) is 0. The van der Waals surface area contributed by atoms with Crippen molar-refractivity contribution in [3.05, 3.63) is 58.8 Å². The smallest absolute Gasteiger partial charge is 0.196 e. The highest BCUT2D eigenvalue weighted by Crippen LogP contribution is 2.24. The third-order valence-electron chi connectivity index (χ3n) is 3.38. The van der Waals surface area contributed by atoms with Crippen LogP contribution in [0.1, 0.15) is 9.67 Å². The van der Waals surface area contributed by atoms with Crippen molar-refractivity contribution in [1.82, 2.24) is 14.6 Å². The fraction of sp³-hybridized carbons (Fsp3) is 0.0625. The molecule has 3 aromatic heterocycles. The van der Waals surface area contributed by atoms with Gasteiger partial charge in [-0.2, -0.15) is 0 Å². The number of para-hydroxylation sites is 1. The summed E-state index contributed by atoms with van der Waals surface area (Å²) in [7, 11) is 0. The number of aromatic nitrogens is 3. The molecule has 0 saturated heterocycles. The molecule has 0 amide bonds. The van der Waals surface area contributed by atoms with Gasteiger partial charge in [0.25, 0.3) is 0 Å². The lowest BCUT2D eigenvalue weighted by atomic mass is 10.2. The highest BCUT2D eigenvalue weighted by molar-refractivity contribution is 7.99. The van der Waals surface area contributed by atoms with Crippen LogP contribution in [0.25, 0.3) is 16.6 Å². The molecule has 0 fully saturated rings. The van der Waals surface area contributed by atoms with E-state index in [1.54, 1.807) is 0 Å². The summed E-state index contributed by atoms with van der Waals surface area (Å²) in [6, 6.07) is 15.8. The van der Waals surface area contributed by atoms with Crippen LogP contribution in [0, 0.1) is 0 Å². The number of carbonyl (C=O) groups is 1. The van der Waals surface area contributed by atoms with E-state index >= 15 is 0 Å². The number of nitrogens with zero attached hydrogens (tertiary/aromatic N) is 3. The third kappa shape index (κ3) is 2.30. The maximum absolute atomic E-state index is 12.1. The van der Waals surface area contributed by atoms with Crippen LogP contribution in [0.3, 0.4) is 0 Å². The molecule has 0 saturated carbocycles. The summed E-state index contributed by atoms with van der Waals surface area (Å²) in [5.74, 6) is 0.488. The number of thioether (sulfide) groups is 1. The number of benzene rings is 1. The van der Waals surface area contributed by atoms with E-state index in [0.29, 0.717) is 5.75 Å². The molecule has 1 aromatic carbocycles. The van der Waals surface area contributed by atoms with Crippen molar-refractivity contribution in [3.63, 3.8) is 0 Å². The Morgan fingerprint density at radius 2 is 2.00 bits per heavy atom. The lowest BCUT2D eigenvalue weighted by Crippen LogP contribution is -2.00. The minimum Gasteiger partial charge on any atom is -0.292 e. The maximum Gasteiger partial charge on any atom is 0.196 e. The van der Waals surface area contributed by atoms with E-state index in [-0.39, 0.29) is 5.78 Å². The number of ketones is 1. The molecule has 4 rings (SSSR count). The standard InChI is InChI=1S/C16H11N3OS2/c20-13(14-6-3-9-21-14)10-22-16-18-17-15-8-7-11-4-1-2-5-12(11)19(15)16/h1-9H,10H2. The van der Waals surface area contributed by atoms with Crippen LogP contribution in [0.15, 0.2) is 59.1 Å². The Labute approximate surface area is 134 Å². The van der Waals surface area contributed by atoms with Gasteiger partial charge in [-0.1, -0.05) is 36.0 Å². The van der Waals surface area contributed by atoms with Crippen molar-refractivity contribution in [1.29, 1.82) is 0 Å². The summed E-state index contributed by atoms with van der Waals surface area (Å²) in [5, 5.41) is 12.2. The number of hydrogen-bond acceptors (Lipinski definition) is 5. The zero-order chi connectivity index (χ0) is 14.9. The predicted molar refractivity (Wildman–Crippen MR) is 89.9 cm³/mol. The Balaban J connectivity index is 1.70. The van der Waals surface area contributed by atoms with Crippen LogP contribution >= 0.6 is 23.1 Å². The van der Waals surface area contributed by atoms with Crippen LogP contribution < -0.4 is 0 Å². The highest BCUT2D eigenvalue weighted by atomic mass is 32.2. The van der Waals surface area contributed by atoms with Gasteiger partial charge in [0.1, 0.15) is 0 Å². The van der Waals surface area contributed by atoms with E-state index in [9.17, 15) is 4.79 Å².